The summed E-state index contributed by atoms with van der Waals surface area (Å²) in [6.07, 6.45) is 4.07. The van der Waals surface area contributed by atoms with E-state index in [9.17, 15) is 9.59 Å². The Bertz CT molecular complexity index is 1140. The molecule has 3 aliphatic rings. The number of rotatable bonds is 6. The Hall–Kier alpha value is -2.99. The molecule has 2 aliphatic heterocycles. The number of fused-ring (bicyclic) bond motifs is 1. The number of ketones is 1. The van der Waals surface area contributed by atoms with E-state index in [1.807, 2.05) is 30.3 Å². The molecule has 1 saturated carbocycles. The second-order valence-corrected chi connectivity index (χ2v) is 9.48. The van der Waals surface area contributed by atoms with Crippen molar-refractivity contribution in [1.82, 2.24) is 4.90 Å². The molecular weight excluding hydrogens is 454 g/mol. The summed E-state index contributed by atoms with van der Waals surface area (Å²) in [4.78, 5) is 29.0. The summed E-state index contributed by atoms with van der Waals surface area (Å²) >= 11 is 6.13. The molecule has 2 aromatic rings. The molecule has 1 fully saturated rings. The van der Waals surface area contributed by atoms with E-state index in [1.165, 1.54) is 0 Å². The maximum atomic E-state index is 13.6. The molecule has 34 heavy (non-hydrogen) atoms. The number of halogens is 1. The normalized spacial score (nSPS) is 24.0. The van der Waals surface area contributed by atoms with Crippen LogP contribution in [0, 0.1) is 5.92 Å². The summed E-state index contributed by atoms with van der Waals surface area (Å²) in [5.41, 5.74) is 2.37. The molecule has 0 radical (unpaired) electrons. The fourth-order valence-electron chi connectivity index (χ4n) is 5.40. The predicted octanol–water partition coefficient (Wildman–Crippen LogP) is 4.90. The number of carbonyl (C=O) groups is 2. The van der Waals surface area contributed by atoms with Gasteiger partial charge in [-0.25, -0.2) is 0 Å². The van der Waals surface area contributed by atoms with E-state index in [1.54, 1.807) is 31.3 Å². The van der Waals surface area contributed by atoms with E-state index >= 15 is 0 Å². The number of hydrogen-bond donors (Lipinski definition) is 0. The molecule has 3 unspecified atom stereocenters. The standard InChI is InChI=1S/C27H28ClNO5/c1-32-21-12-7-16(15-22(21)33-2)13-14-29-24(17-8-10-18(28)11-9-17)23-25(30)19-5-3-4-6-20(19)34-26(23)27(29)31/h7-12,15,19-20,24H,3-6,13-14H2,1-2H3. The average Bonchev–Trinajstić information content (AvgIpc) is 3.14. The summed E-state index contributed by atoms with van der Waals surface area (Å²) < 4.78 is 17.0. The topological polar surface area (TPSA) is 65.1 Å². The van der Waals surface area contributed by atoms with Gasteiger partial charge in [0.15, 0.2) is 23.0 Å². The molecule has 5 rings (SSSR count). The van der Waals surface area contributed by atoms with Crippen molar-refractivity contribution in [2.24, 2.45) is 5.92 Å². The van der Waals surface area contributed by atoms with Gasteiger partial charge in [0.05, 0.1) is 31.8 Å². The zero-order valence-electron chi connectivity index (χ0n) is 19.4. The SMILES string of the molecule is COc1ccc(CCN2C(=O)C3=C(C(=O)C4CCCCC4O3)C2c2ccc(Cl)cc2)cc1OC. The Morgan fingerprint density at radius 3 is 2.47 bits per heavy atom. The molecule has 1 amide bonds. The van der Waals surface area contributed by atoms with Crippen LogP contribution in [-0.2, 0) is 20.7 Å². The smallest absolute Gasteiger partial charge is 0.290 e. The Morgan fingerprint density at radius 1 is 1.00 bits per heavy atom. The maximum absolute atomic E-state index is 13.6. The Labute approximate surface area is 204 Å². The van der Waals surface area contributed by atoms with Crippen LogP contribution in [0.25, 0.3) is 0 Å². The van der Waals surface area contributed by atoms with Crippen molar-refractivity contribution in [3.05, 3.63) is 69.9 Å². The van der Waals surface area contributed by atoms with Crippen LogP contribution < -0.4 is 9.47 Å². The predicted molar refractivity (Wildman–Crippen MR) is 128 cm³/mol. The van der Waals surface area contributed by atoms with Crippen LogP contribution in [-0.4, -0.2) is 43.5 Å². The fraction of sp³-hybridized carbons (Fsp3) is 0.407. The number of benzene rings is 2. The molecule has 1 aliphatic carbocycles. The molecular formula is C27H28ClNO5. The lowest BCUT2D eigenvalue weighted by Gasteiger charge is -2.35. The van der Waals surface area contributed by atoms with Gasteiger partial charge < -0.3 is 19.1 Å². The van der Waals surface area contributed by atoms with E-state index in [0.29, 0.717) is 35.1 Å². The number of Topliss-reactive ketones (excluding diaryl/α,β-unsaturated/α-hetero) is 1. The van der Waals surface area contributed by atoms with Crippen molar-refractivity contribution < 1.29 is 23.8 Å². The summed E-state index contributed by atoms with van der Waals surface area (Å²) in [6.45, 7) is 0.431. The highest BCUT2D eigenvalue weighted by Gasteiger charge is 2.51. The van der Waals surface area contributed by atoms with Gasteiger partial charge in [-0.15, -0.1) is 0 Å². The van der Waals surface area contributed by atoms with Gasteiger partial charge in [-0.2, -0.15) is 0 Å². The van der Waals surface area contributed by atoms with Crippen molar-refractivity contribution in [2.75, 3.05) is 20.8 Å². The number of amides is 1. The van der Waals surface area contributed by atoms with Crippen LogP contribution in [0.1, 0.15) is 42.9 Å². The second-order valence-electron chi connectivity index (χ2n) is 9.05. The summed E-state index contributed by atoms with van der Waals surface area (Å²) in [5.74, 6) is 1.21. The van der Waals surface area contributed by atoms with E-state index in [0.717, 1.165) is 36.8 Å². The van der Waals surface area contributed by atoms with Crippen molar-refractivity contribution >= 4 is 23.3 Å². The van der Waals surface area contributed by atoms with Gasteiger partial charge in [0.25, 0.3) is 5.91 Å². The lowest BCUT2D eigenvalue weighted by molar-refractivity contribution is -0.135. The van der Waals surface area contributed by atoms with Crippen LogP contribution in [0.4, 0.5) is 0 Å². The third kappa shape index (κ3) is 3.94. The molecule has 6 nitrogen and oxygen atoms in total. The van der Waals surface area contributed by atoms with Gasteiger partial charge in [-0.05, 0) is 61.1 Å². The van der Waals surface area contributed by atoms with Crippen LogP contribution >= 0.6 is 11.6 Å². The monoisotopic (exact) mass is 481 g/mol. The molecule has 2 aromatic carbocycles. The zero-order valence-corrected chi connectivity index (χ0v) is 20.1. The van der Waals surface area contributed by atoms with E-state index < -0.39 is 6.04 Å². The number of carbonyl (C=O) groups excluding carboxylic acids is 2. The van der Waals surface area contributed by atoms with Gasteiger partial charge in [0.2, 0.25) is 0 Å². The van der Waals surface area contributed by atoms with Crippen LogP contribution in [0.5, 0.6) is 11.5 Å². The molecule has 3 atom stereocenters. The van der Waals surface area contributed by atoms with Gasteiger partial charge in [-0.3, -0.25) is 9.59 Å². The summed E-state index contributed by atoms with van der Waals surface area (Å²) in [6, 6.07) is 12.6. The number of methoxy groups -OCH3 is 2. The highest BCUT2D eigenvalue weighted by Crippen LogP contribution is 2.46. The molecule has 2 heterocycles. The lowest BCUT2D eigenvalue weighted by atomic mass is 9.77. The number of ether oxygens (including phenoxy) is 3. The van der Waals surface area contributed by atoms with Crippen molar-refractivity contribution in [3.63, 3.8) is 0 Å². The highest BCUT2D eigenvalue weighted by molar-refractivity contribution is 6.30. The molecule has 0 N–H and O–H groups in total. The zero-order chi connectivity index (χ0) is 23.8. The fourth-order valence-corrected chi connectivity index (χ4v) is 5.53. The van der Waals surface area contributed by atoms with E-state index in [4.69, 9.17) is 25.8 Å². The van der Waals surface area contributed by atoms with Gasteiger partial charge >= 0.3 is 0 Å². The van der Waals surface area contributed by atoms with Crippen LogP contribution in [0.3, 0.4) is 0 Å². The van der Waals surface area contributed by atoms with Gasteiger partial charge in [0.1, 0.15) is 6.10 Å². The van der Waals surface area contributed by atoms with Crippen molar-refractivity contribution in [1.29, 1.82) is 0 Å². The molecule has 0 bridgehead atoms. The third-order valence-corrected chi connectivity index (χ3v) is 7.39. The van der Waals surface area contributed by atoms with Crippen LogP contribution in [0.2, 0.25) is 5.02 Å². The minimum atomic E-state index is -0.477. The summed E-state index contributed by atoms with van der Waals surface area (Å²) in [5, 5.41) is 0.609. The quantitative estimate of drug-likeness (QED) is 0.587. The van der Waals surface area contributed by atoms with Gasteiger partial charge in [-0.1, -0.05) is 36.2 Å². The highest BCUT2D eigenvalue weighted by atomic mass is 35.5. The van der Waals surface area contributed by atoms with E-state index in [-0.39, 0.29) is 29.5 Å². The largest absolute Gasteiger partial charge is 0.493 e. The number of hydrogen-bond acceptors (Lipinski definition) is 5. The molecule has 178 valence electrons. The van der Waals surface area contributed by atoms with Gasteiger partial charge in [0, 0.05) is 11.6 Å². The first-order chi connectivity index (χ1) is 16.5. The minimum Gasteiger partial charge on any atom is -0.493 e. The minimum absolute atomic E-state index is 0.0628. The summed E-state index contributed by atoms with van der Waals surface area (Å²) in [7, 11) is 3.20. The molecule has 0 aromatic heterocycles. The van der Waals surface area contributed by atoms with Crippen LogP contribution in [0.15, 0.2) is 53.8 Å². The van der Waals surface area contributed by atoms with E-state index in [2.05, 4.69) is 0 Å². The first kappa shape index (κ1) is 22.8. The lowest BCUT2D eigenvalue weighted by Crippen LogP contribution is -2.39. The van der Waals surface area contributed by atoms with Crippen molar-refractivity contribution in [3.8, 4) is 11.5 Å². The first-order valence-electron chi connectivity index (χ1n) is 11.7. The Kier molecular flexibility index (Phi) is 6.26. The molecule has 0 spiro atoms. The second kappa shape index (κ2) is 9.34. The number of nitrogens with zero attached hydrogens (tertiary/aromatic N) is 1. The first-order valence-corrected chi connectivity index (χ1v) is 12.1. The molecule has 0 saturated heterocycles. The van der Waals surface area contributed by atoms with Crippen molar-refractivity contribution in [2.45, 2.75) is 44.2 Å². The average molecular weight is 482 g/mol. The Morgan fingerprint density at radius 2 is 1.74 bits per heavy atom. The molecule has 7 heteroatoms. The Balaban J connectivity index is 1.47. The third-order valence-electron chi connectivity index (χ3n) is 7.13. The maximum Gasteiger partial charge on any atom is 0.290 e.